The van der Waals surface area contributed by atoms with Crippen molar-refractivity contribution in [3.63, 3.8) is 0 Å². The van der Waals surface area contributed by atoms with Gasteiger partial charge in [0.1, 0.15) is 0 Å². The minimum absolute atomic E-state index is 0.867. The summed E-state index contributed by atoms with van der Waals surface area (Å²) >= 11 is 5.54. The highest BCUT2D eigenvalue weighted by molar-refractivity contribution is 7.81. The van der Waals surface area contributed by atoms with Gasteiger partial charge >= 0.3 is 0 Å². The number of hydrogen-bond donors (Lipinski definition) is 1. The van der Waals surface area contributed by atoms with Crippen LogP contribution in [0.4, 0.5) is 0 Å². The molecule has 0 aliphatic carbocycles. The van der Waals surface area contributed by atoms with E-state index in [0.29, 0.717) is 0 Å². The first kappa shape index (κ1) is 11.2. The standard InChI is InChI=1S/C16H13NS/c1-11-6-8-12(9-7-11)16(18)15-10-13-4-2-3-5-14(13)17-15/h2-10,17H,1H3. The number of fused-ring (bicyclic) bond motifs is 1. The van der Waals surface area contributed by atoms with Crippen molar-refractivity contribution >= 4 is 28.0 Å². The van der Waals surface area contributed by atoms with Gasteiger partial charge in [-0.15, -0.1) is 0 Å². The Morgan fingerprint density at radius 1 is 1.00 bits per heavy atom. The number of aromatic amines is 1. The van der Waals surface area contributed by atoms with Crippen LogP contribution in [0, 0.1) is 6.92 Å². The second-order valence-corrected chi connectivity index (χ2v) is 4.87. The van der Waals surface area contributed by atoms with Crippen molar-refractivity contribution in [1.82, 2.24) is 4.98 Å². The molecule has 0 spiro atoms. The zero-order valence-corrected chi connectivity index (χ0v) is 10.9. The SMILES string of the molecule is Cc1ccc(C(=S)c2cc3ccccc3[nH]2)cc1. The molecular weight excluding hydrogens is 238 g/mol. The van der Waals surface area contributed by atoms with Crippen molar-refractivity contribution in [3.05, 3.63) is 71.4 Å². The first-order valence-electron chi connectivity index (χ1n) is 5.93. The molecule has 0 unspecified atom stereocenters. The van der Waals surface area contributed by atoms with Crippen molar-refractivity contribution in [3.8, 4) is 0 Å². The Labute approximate surface area is 111 Å². The quantitative estimate of drug-likeness (QED) is 0.532. The maximum Gasteiger partial charge on any atom is 0.0684 e. The molecule has 0 atom stereocenters. The van der Waals surface area contributed by atoms with Crippen molar-refractivity contribution < 1.29 is 0 Å². The fourth-order valence-electron chi connectivity index (χ4n) is 2.06. The zero-order chi connectivity index (χ0) is 12.5. The molecule has 0 aliphatic rings. The van der Waals surface area contributed by atoms with Gasteiger partial charge in [0, 0.05) is 10.9 Å². The van der Waals surface area contributed by atoms with E-state index < -0.39 is 0 Å². The number of hydrogen-bond acceptors (Lipinski definition) is 1. The molecule has 1 N–H and O–H groups in total. The first-order chi connectivity index (χ1) is 8.74. The van der Waals surface area contributed by atoms with E-state index in [1.54, 1.807) is 0 Å². The van der Waals surface area contributed by atoms with Gasteiger partial charge in [0.05, 0.1) is 10.6 Å². The third-order valence-electron chi connectivity index (χ3n) is 3.09. The van der Waals surface area contributed by atoms with Crippen LogP contribution >= 0.6 is 12.2 Å². The fraction of sp³-hybridized carbons (Fsp3) is 0.0625. The summed E-state index contributed by atoms with van der Waals surface area (Å²) in [7, 11) is 0. The molecule has 3 rings (SSSR count). The average molecular weight is 251 g/mol. The molecule has 0 saturated heterocycles. The van der Waals surface area contributed by atoms with Crippen LogP contribution < -0.4 is 0 Å². The lowest BCUT2D eigenvalue weighted by atomic mass is 10.1. The fourth-order valence-corrected chi connectivity index (χ4v) is 2.30. The normalized spacial score (nSPS) is 10.7. The molecule has 1 aromatic heterocycles. The summed E-state index contributed by atoms with van der Waals surface area (Å²) in [5.74, 6) is 0. The van der Waals surface area contributed by atoms with Gasteiger partial charge in [-0.25, -0.2) is 0 Å². The summed E-state index contributed by atoms with van der Waals surface area (Å²) in [5, 5.41) is 1.20. The molecule has 2 heteroatoms. The largest absolute Gasteiger partial charge is 0.354 e. The van der Waals surface area contributed by atoms with Gasteiger partial charge in [0.25, 0.3) is 0 Å². The van der Waals surface area contributed by atoms with Gasteiger partial charge in [-0.05, 0) is 24.6 Å². The molecule has 0 bridgehead atoms. The van der Waals surface area contributed by atoms with E-state index in [2.05, 4.69) is 54.4 Å². The Morgan fingerprint density at radius 2 is 1.72 bits per heavy atom. The Morgan fingerprint density at radius 3 is 2.44 bits per heavy atom. The predicted molar refractivity (Wildman–Crippen MR) is 80.3 cm³/mol. The highest BCUT2D eigenvalue weighted by Gasteiger charge is 2.07. The minimum Gasteiger partial charge on any atom is -0.354 e. The third kappa shape index (κ3) is 1.95. The number of aromatic nitrogens is 1. The van der Waals surface area contributed by atoms with Crippen LogP contribution in [0.3, 0.4) is 0 Å². The molecule has 2 aromatic carbocycles. The van der Waals surface area contributed by atoms with Crippen LogP contribution in [0.2, 0.25) is 0 Å². The summed E-state index contributed by atoms with van der Waals surface area (Å²) in [6.07, 6.45) is 0. The van der Waals surface area contributed by atoms with Crippen molar-refractivity contribution in [2.24, 2.45) is 0 Å². The Bertz CT molecular complexity index is 674. The van der Waals surface area contributed by atoms with Gasteiger partial charge in [-0.3, -0.25) is 0 Å². The van der Waals surface area contributed by atoms with Crippen LogP contribution in [-0.4, -0.2) is 9.85 Å². The Hall–Kier alpha value is -1.93. The molecule has 1 heterocycles. The highest BCUT2D eigenvalue weighted by atomic mass is 32.1. The molecule has 3 aromatic rings. The summed E-state index contributed by atoms with van der Waals surface area (Å²) in [6.45, 7) is 2.08. The molecule has 1 nitrogen and oxygen atoms in total. The first-order valence-corrected chi connectivity index (χ1v) is 6.34. The van der Waals surface area contributed by atoms with Crippen LogP contribution in [0.25, 0.3) is 10.9 Å². The molecule has 0 radical (unpaired) electrons. The van der Waals surface area contributed by atoms with E-state index in [9.17, 15) is 0 Å². The van der Waals surface area contributed by atoms with Crippen LogP contribution in [0.15, 0.2) is 54.6 Å². The van der Waals surface area contributed by atoms with E-state index >= 15 is 0 Å². The highest BCUT2D eigenvalue weighted by Crippen LogP contribution is 2.18. The van der Waals surface area contributed by atoms with Crippen molar-refractivity contribution in [2.45, 2.75) is 6.92 Å². The Kier molecular flexibility index (Phi) is 2.73. The lowest BCUT2D eigenvalue weighted by Gasteiger charge is -2.02. The minimum atomic E-state index is 0.867. The zero-order valence-electron chi connectivity index (χ0n) is 10.1. The number of aryl methyl sites for hydroxylation is 1. The smallest absolute Gasteiger partial charge is 0.0684 e. The number of para-hydroxylation sites is 1. The molecule has 0 saturated carbocycles. The monoisotopic (exact) mass is 251 g/mol. The lowest BCUT2D eigenvalue weighted by molar-refractivity contribution is 1.42. The van der Waals surface area contributed by atoms with Gasteiger partial charge in [0.15, 0.2) is 0 Å². The maximum atomic E-state index is 5.54. The number of H-pyrrole nitrogens is 1. The summed E-state index contributed by atoms with van der Waals surface area (Å²) in [5.41, 5.74) is 4.47. The van der Waals surface area contributed by atoms with E-state index in [1.165, 1.54) is 10.9 Å². The van der Waals surface area contributed by atoms with Gasteiger partial charge in [-0.2, -0.15) is 0 Å². The second kappa shape index (κ2) is 4.39. The van der Waals surface area contributed by atoms with E-state index in [-0.39, 0.29) is 0 Å². The third-order valence-corrected chi connectivity index (χ3v) is 3.54. The average Bonchev–Trinajstić information content (AvgIpc) is 2.82. The van der Waals surface area contributed by atoms with Gasteiger partial charge < -0.3 is 4.98 Å². The lowest BCUT2D eigenvalue weighted by Crippen LogP contribution is -1.99. The number of nitrogens with one attached hydrogen (secondary N) is 1. The van der Waals surface area contributed by atoms with Crippen LogP contribution in [-0.2, 0) is 0 Å². The van der Waals surface area contributed by atoms with E-state index in [1.807, 2.05) is 12.1 Å². The van der Waals surface area contributed by atoms with E-state index in [0.717, 1.165) is 21.6 Å². The molecule has 0 aliphatic heterocycles. The number of thiocarbonyl (C=S) groups is 1. The number of rotatable bonds is 2. The van der Waals surface area contributed by atoms with Crippen molar-refractivity contribution in [1.29, 1.82) is 0 Å². The summed E-state index contributed by atoms with van der Waals surface area (Å²) < 4.78 is 0. The van der Waals surface area contributed by atoms with Gasteiger partial charge in [0.2, 0.25) is 0 Å². The topological polar surface area (TPSA) is 15.8 Å². The second-order valence-electron chi connectivity index (χ2n) is 4.47. The van der Waals surface area contributed by atoms with Gasteiger partial charge in [-0.1, -0.05) is 60.2 Å². The molecule has 18 heavy (non-hydrogen) atoms. The predicted octanol–water partition coefficient (Wildman–Crippen LogP) is 4.24. The number of benzene rings is 2. The van der Waals surface area contributed by atoms with E-state index in [4.69, 9.17) is 12.2 Å². The molecule has 0 amide bonds. The summed E-state index contributed by atoms with van der Waals surface area (Å²) in [6, 6.07) is 18.6. The van der Waals surface area contributed by atoms with Crippen LogP contribution in [0.5, 0.6) is 0 Å². The maximum absolute atomic E-state index is 5.54. The molecular formula is C16H13NS. The molecule has 88 valence electrons. The van der Waals surface area contributed by atoms with Crippen LogP contribution in [0.1, 0.15) is 16.8 Å². The molecule has 0 fully saturated rings. The summed E-state index contributed by atoms with van der Waals surface area (Å²) in [4.78, 5) is 4.23. The Balaban J connectivity index is 2.03. The van der Waals surface area contributed by atoms with Crippen molar-refractivity contribution in [2.75, 3.05) is 0 Å².